The summed E-state index contributed by atoms with van der Waals surface area (Å²) >= 11 is 6.90. The number of allylic oxidation sites excluding steroid dienone is 4. The number of epoxide rings is 1. The Kier molecular flexibility index (Phi) is 38.9. The van der Waals surface area contributed by atoms with E-state index >= 15 is 19.2 Å². The van der Waals surface area contributed by atoms with Gasteiger partial charge in [-0.25, -0.2) is 14.4 Å². The molecule has 5 aromatic rings. The fourth-order valence-corrected chi connectivity index (χ4v) is 20.9. The number of phenols is 1. The van der Waals surface area contributed by atoms with Crippen LogP contribution in [0, 0.1) is 11.8 Å². The third-order valence-electron chi connectivity index (χ3n) is 24.3. The number of likely N-dealkylation sites (N-methyl/N-ethyl adjacent to an activating group) is 1. The maximum atomic E-state index is 15.5. The van der Waals surface area contributed by atoms with Crippen LogP contribution in [0.25, 0.3) is 5.57 Å². The van der Waals surface area contributed by atoms with Gasteiger partial charge in [0.2, 0.25) is 53.2 Å². The molecule has 10 rings (SSSR count). The molecule has 17 atom stereocenters. The second kappa shape index (κ2) is 49.4. The molecule has 136 heavy (non-hydrogen) atoms. The number of esters is 1. The second-order valence-corrected chi connectivity index (χ2v) is 39.9. The Morgan fingerprint density at radius 2 is 1.50 bits per heavy atom. The number of ether oxygens (including phenoxy) is 5. The molecule has 3 saturated heterocycles. The number of phenolic OH excluding ortho intramolecular Hbond substituents is 1. The van der Waals surface area contributed by atoms with Gasteiger partial charge in [-0.05, 0) is 148 Å². The normalized spacial score (nSPS) is 25.4. The number of benzene rings is 5. The third kappa shape index (κ3) is 29.6. The summed E-state index contributed by atoms with van der Waals surface area (Å²) in [4.78, 5) is 192. The highest BCUT2D eigenvalue weighted by Gasteiger charge is 2.65. The van der Waals surface area contributed by atoms with Gasteiger partial charge in [-0.2, -0.15) is 13.2 Å². The van der Waals surface area contributed by atoms with Crippen LogP contribution in [0.3, 0.4) is 0 Å². The Bertz CT molecular complexity index is 5230. The zero-order chi connectivity index (χ0) is 99.0. The highest BCUT2D eigenvalue weighted by Crippen LogP contribution is 2.50. The molecule has 34 nitrogen and oxygen atoms in total. The van der Waals surface area contributed by atoms with E-state index in [1.54, 1.807) is 80.6 Å². The predicted octanol–water partition coefficient (Wildman–Crippen LogP) is 7.27. The Balaban J connectivity index is 0.877. The molecule has 5 aromatic carbocycles. The van der Waals surface area contributed by atoms with E-state index in [1.807, 2.05) is 31.2 Å². The Labute approximate surface area is 806 Å². The first-order chi connectivity index (χ1) is 64.6. The van der Waals surface area contributed by atoms with Gasteiger partial charge in [0, 0.05) is 94.7 Å². The number of primary amides is 1. The molecule has 4 bridgehead atoms. The second-order valence-electron chi connectivity index (χ2n) is 34.3. The van der Waals surface area contributed by atoms with Crippen molar-refractivity contribution < 1.29 is 115 Å². The number of Topliss-reactive ketones (excluding diaryl/α,β-unsaturated/α-hetero) is 1. The van der Waals surface area contributed by atoms with Crippen LogP contribution in [0.2, 0.25) is 5.02 Å². The van der Waals surface area contributed by atoms with Crippen molar-refractivity contribution in [3.63, 3.8) is 0 Å². The van der Waals surface area contributed by atoms with Gasteiger partial charge in [0.1, 0.15) is 82.7 Å². The Morgan fingerprint density at radius 1 is 0.816 bits per heavy atom. The molecule has 0 aromatic heterocycles. The largest absolute Gasteiger partial charge is 0.508 e. The lowest BCUT2D eigenvalue weighted by molar-refractivity contribution is -0.162. The standard InChI is InChI=1S/C94H117ClF3N13O21S4/c1-51-18-17-24-75(129-9)93(127)46-74(130-91(126)109-93)52(2)81-92(5,132-81)76(45-78(116)111(7)71-41-58(38-51)42-73(128-8)79(71)95)131-89(124)53(3)110(6)77(115)35-37-133-134-49-69(82(100)117)105-87(122)70-50-136-135-48-68(104-85(120)66(40-55-19-11-10-12-20-55)107-90(125)101-47-57-25-31-62(32-26-57)94(96,97)98)72(114)44-61(39-56-27-33-63(113)34-28-56)83(118)103-67(43-60-30-29-59-21-13-14-22-64(59)60)86(121)102-65(23-15-16-36-99)84(119)108-80(54(4)112)88(123)106-70/h10-14,17-22,24-28,30-34,41-42,52-54,61,65-70,74-76,80-81,112-113,127H,15-16,23,29,35-40,43-50,99H2,1-9H3,(H2,100,117)(H,102,121)(H,103,118)(H,104,120)(H,105,122)(H,106,123)(H,108,119)(H,109,126)(H2,101,107,125)/b24-17+,51-18+/t52-,53+,54-,61-,65+,66-,67-,68+,69+,70+,74+,75-,76+,80+,81+,92+,93+/m1/s1. The lowest BCUT2D eigenvalue weighted by atomic mass is 9.83. The summed E-state index contributed by atoms with van der Waals surface area (Å²) in [5, 5.41) is 57.7. The minimum atomic E-state index is -4.64. The van der Waals surface area contributed by atoms with Crippen molar-refractivity contribution in [3.05, 3.63) is 189 Å². The van der Waals surface area contributed by atoms with E-state index in [9.17, 15) is 71.6 Å². The van der Waals surface area contributed by atoms with Gasteiger partial charge in [0.05, 0.1) is 43.0 Å². The minimum absolute atomic E-state index is 0.0288. The summed E-state index contributed by atoms with van der Waals surface area (Å²) in [6.07, 6.45) is -5.47. The SMILES string of the molecule is COc1cc2cc(c1Cl)N(C)C(=O)C[C@H](OC(=O)[C@H](C)N(C)C(=O)CCSSC[C@H](NC(=O)[C@@H]1CSSC[C@H](NC(=O)[C@@H](Cc3ccccc3)NC(=O)NCc3ccc(C(F)(F)F)cc3)C(=O)C[C@@H](Cc3ccc(O)cc3)C(=O)N[C@H](CC3=CCc4ccccc43)C(=O)N[C@@H](CCCCN)C(=O)N[C@@H]([C@@H](C)O)C(=O)N1)C(N)=O)[C@]1(C)O[C@H]1[C@H](C)[C@@H]1C[C@@](O)(NC(=O)O1)[C@H](OC)/C=C/C=C(\C)C2. The topological polar surface area (TPSA) is 499 Å². The number of urea groups is 1. The quantitative estimate of drug-likeness (QED) is 0.00930. The van der Waals surface area contributed by atoms with Crippen molar-refractivity contribution in [3.8, 4) is 11.5 Å². The molecule has 12 amide bonds. The average Bonchev–Trinajstić information content (AvgIpc) is 1.57. The number of fused-ring (bicyclic) bond motifs is 6. The first kappa shape index (κ1) is 107. The van der Waals surface area contributed by atoms with Crippen LogP contribution in [-0.4, -0.2) is 245 Å². The number of hydrogen-bond donors (Lipinski definition) is 14. The molecule has 0 unspecified atom stereocenters. The van der Waals surface area contributed by atoms with Gasteiger partial charge in [-0.1, -0.05) is 170 Å². The first-order valence-electron chi connectivity index (χ1n) is 44.3. The molecule has 4 aliphatic heterocycles. The molecule has 0 radical (unpaired) electrons. The number of methoxy groups -OCH3 is 2. The highest BCUT2D eigenvalue weighted by molar-refractivity contribution is 8.77. The number of carbonyl (C=O) groups is 13. The summed E-state index contributed by atoms with van der Waals surface area (Å²) in [6.45, 7) is 7.67. The molecule has 0 spiro atoms. The van der Waals surface area contributed by atoms with Gasteiger partial charge in [-0.15, -0.1) is 0 Å². The number of aliphatic hydroxyl groups excluding tert-OH is 1. The first-order valence-corrected chi connectivity index (χ1v) is 49.6. The van der Waals surface area contributed by atoms with Gasteiger partial charge in [0.15, 0.2) is 11.5 Å². The number of alkyl halides is 3. The monoisotopic (exact) mass is 1980 g/mol. The van der Waals surface area contributed by atoms with Crippen LogP contribution in [0.4, 0.5) is 28.4 Å². The highest BCUT2D eigenvalue weighted by atomic mass is 35.5. The van der Waals surface area contributed by atoms with E-state index in [0.717, 1.165) is 76.9 Å². The number of aliphatic hydroxyl groups is 2. The molecular formula is C94H117ClF3N13O21S4. The number of aromatic hydroxyl groups is 1. The zero-order valence-electron chi connectivity index (χ0n) is 76.6. The van der Waals surface area contributed by atoms with Gasteiger partial charge >= 0.3 is 24.3 Å². The van der Waals surface area contributed by atoms with Crippen LogP contribution >= 0.6 is 54.8 Å². The Hall–Kier alpha value is -10.9. The van der Waals surface area contributed by atoms with Crippen LogP contribution in [0.1, 0.15) is 125 Å². The predicted molar refractivity (Wildman–Crippen MR) is 509 cm³/mol. The number of carbonyl (C=O) groups excluding carboxylic acids is 13. The summed E-state index contributed by atoms with van der Waals surface area (Å²) in [6, 6.07) is 15.6. The van der Waals surface area contributed by atoms with Gasteiger partial charge < -0.3 is 103 Å². The van der Waals surface area contributed by atoms with E-state index in [1.165, 1.54) is 83.5 Å². The maximum absolute atomic E-state index is 15.5. The van der Waals surface area contributed by atoms with E-state index in [2.05, 4.69) is 47.9 Å². The van der Waals surface area contributed by atoms with Crippen molar-refractivity contribution >= 4 is 143 Å². The van der Waals surface area contributed by atoms with Crippen molar-refractivity contribution in [2.24, 2.45) is 23.3 Å². The van der Waals surface area contributed by atoms with E-state index in [-0.39, 0.29) is 103 Å². The number of ketones is 1. The smallest absolute Gasteiger partial charge is 0.416 e. The summed E-state index contributed by atoms with van der Waals surface area (Å²) in [5.41, 5.74) is 12.9. The minimum Gasteiger partial charge on any atom is -0.508 e. The molecule has 736 valence electrons. The Morgan fingerprint density at radius 3 is 2.18 bits per heavy atom. The molecule has 42 heteroatoms. The molecule has 3 fully saturated rings. The van der Waals surface area contributed by atoms with Crippen molar-refractivity contribution in [2.75, 3.05) is 62.8 Å². The molecular weight excluding hydrogens is 1870 g/mol. The van der Waals surface area contributed by atoms with Crippen molar-refractivity contribution in [1.29, 1.82) is 0 Å². The number of nitrogens with one attached hydrogen (secondary N) is 9. The molecule has 0 saturated carbocycles. The third-order valence-corrected chi connectivity index (χ3v) is 29.5. The van der Waals surface area contributed by atoms with Crippen LogP contribution in [0.5, 0.6) is 11.5 Å². The van der Waals surface area contributed by atoms with E-state index in [0.29, 0.717) is 41.5 Å². The average molecular weight is 1990 g/mol. The molecule has 5 aliphatic rings. The number of unbranched alkanes of at least 4 members (excludes halogenated alkanes) is 1. The van der Waals surface area contributed by atoms with Crippen LogP contribution in [-0.2, 0) is 110 Å². The number of hydrogen-bond acceptors (Lipinski definition) is 26. The summed E-state index contributed by atoms with van der Waals surface area (Å²) in [7, 11) is 9.48. The van der Waals surface area contributed by atoms with E-state index in [4.69, 9.17) is 46.8 Å². The van der Waals surface area contributed by atoms with Gasteiger partial charge in [0.25, 0.3) is 0 Å². The lowest BCUT2D eigenvalue weighted by Crippen LogP contribution is -2.63. The fraction of sp³-hybridized carbons (Fsp3) is 0.479. The number of alkyl carbamates (subject to hydrolysis) is 1. The number of rotatable bonds is 30. The number of halogens is 4. The number of nitrogens with two attached hydrogens (primary N) is 2. The molecule has 16 N–H and O–H groups in total. The zero-order valence-corrected chi connectivity index (χ0v) is 80.6. The number of anilines is 1. The van der Waals surface area contributed by atoms with Gasteiger partial charge in [-0.3, -0.25) is 53.3 Å². The lowest BCUT2D eigenvalue weighted by Gasteiger charge is -2.42. The van der Waals surface area contributed by atoms with Crippen LogP contribution < -0.4 is 69.0 Å². The maximum Gasteiger partial charge on any atom is 0.416 e. The number of amides is 12. The molecule has 1 aliphatic carbocycles. The van der Waals surface area contributed by atoms with Crippen LogP contribution in [0.15, 0.2) is 145 Å². The summed E-state index contributed by atoms with van der Waals surface area (Å²) in [5.74, 6) is -12.8. The fourth-order valence-electron chi connectivity index (χ4n) is 16.1. The number of nitrogens with zero attached hydrogens (tertiary/aromatic N) is 2. The van der Waals surface area contributed by atoms with Crippen molar-refractivity contribution in [1.82, 2.24) is 52.8 Å². The van der Waals surface area contributed by atoms with E-state index < -0.39 is 209 Å². The summed E-state index contributed by atoms with van der Waals surface area (Å²) < 4.78 is 70.3. The molecule has 4 heterocycles. The van der Waals surface area contributed by atoms with Crippen molar-refractivity contribution in [2.45, 2.75) is 215 Å².